The third kappa shape index (κ3) is 13.3. The van der Waals surface area contributed by atoms with Crippen LogP contribution in [-0.2, 0) is 36.5 Å². The van der Waals surface area contributed by atoms with Crippen LogP contribution < -0.4 is 18.1 Å². The molecule has 7 aromatic carbocycles. The van der Waals surface area contributed by atoms with Gasteiger partial charge in [-0.2, -0.15) is 0 Å². The van der Waals surface area contributed by atoms with Gasteiger partial charge in [0, 0.05) is 71.1 Å². The monoisotopic (exact) mass is 1480 g/mol. The van der Waals surface area contributed by atoms with E-state index in [0.29, 0.717) is 44.5 Å². The number of hydrogen-bond acceptors (Lipinski definition) is 8. The third-order valence-electron chi connectivity index (χ3n) is 22.6. The second-order valence-electron chi connectivity index (χ2n) is 29.3. The van der Waals surface area contributed by atoms with Crippen molar-refractivity contribution in [3.63, 3.8) is 0 Å². The van der Waals surface area contributed by atoms with Gasteiger partial charge in [0.05, 0.1) is 36.1 Å². The topological polar surface area (TPSA) is 90.4 Å². The number of fused-ring (bicyclic) bond motifs is 8. The van der Waals surface area contributed by atoms with E-state index in [9.17, 15) is 20.1 Å². The lowest BCUT2D eigenvalue weighted by atomic mass is 9.65. The van der Waals surface area contributed by atoms with Gasteiger partial charge in [0.15, 0.2) is 11.6 Å². The average molecular weight is 1480 g/mol. The molecular formula is C98H86N4O2S4. The van der Waals surface area contributed by atoms with Crippen LogP contribution in [-0.4, -0.2) is 11.6 Å². The number of nitrogens with zero attached hydrogens (tertiary/aromatic N) is 4. The van der Waals surface area contributed by atoms with Crippen LogP contribution in [0.1, 0.15) is 239 Å². The second-order valence-corrected chi connectivity index (χ2v) is 33.7. The van der Waals surface area contributed by atoms with Crippen molar-refractivity contribution in [2.45, 2.75) is 167 Å². The lowest BCUT2D eigenvalue weighted by Gasteiger charge is -2.35. The van der Waals surface area contributed by atoms with Crippen molar-refractivity contribution in [1.82, 2.24) is 0 Å². The summed E-state index contributed by atoms with van der Waals surface area (Å²) in [5.41, 5.74) is 19.7. The highest BCUT2D eigenvalue weighted by Crippen LogP contribution is 2.65. The lowest BCUT2D eigenvalue weighted by Crippen LogP contribution is -2.30. The van der Waals surface area contributed by atoms with E-state index in [1.165, 1.54) is 187 Å². The number of unbranched alkanes of at least 4 members (excludes halogenated alkanes) is 12. The molecular weight excluding hydrogens is 1390 g/mol. The van der Waals surface area contributed by atoms with E-state index >= 15 is 0 Å². The number of allylic oxidation sites excluding steroid dienone is 4. The predicted molar refractivity (Wildman–Crippen MR) is 449 cm³/mol. The van der Waals surface area contributed by atoms with Crippen molar-refractivity contribution in [1.29, 1.82) is 10.5 Å². The van der Waals surface area contributed by atoms with E-state index in [1.807, 2.05) is 71.2 Å². The molecule has 534 valence electrons. The highest BCUT2D eigenvalue weighted by Gasteiger charge is 2.53. The molecule has 0 spiro atoms. The zero-order valence-corrected chi connectivity index (χ0v) is 65.3. The van der Waals surface area contributed by atoms with Crippen molar-refractivity contribution in [3.05, 3.63) is 345 Å². The Labute approximate surface area is 651 Å². The number of carbonyl (C=O) groups excluding carboxylic acids is 2. The average Bonchev–Trinajstić information content (AvgIpc) is 1.50. The van der Waals surface area contributed by atoms with Crippen LogP contribution in [0.25, 0.3) is 65.0 Å². The van der Waals surface area contributed by atoms with Crippen LogP contribution in [0.5, 0.6) is 0 Å². The fourth-order valence-electron chi connectivity index (χ4n) is 17.3. The quantitative estimate of drug-likeness (QED) is 0.0307. The highest BCUT2D eigenvalue weighted by molar-refractivity contribution is 7.17. The maximum absolute atomic E-state index is 14.5. The molecule has 0 amide bonds. The fourth-order valence-corrected chi connectivity index (χ4v) is 21.9. The Morgan fingerprint density at radius 3 is 0.981 bits per heavy atom. The van der Waals surface area contributed by atoms with E-state index in [0.717, 1.165) is 79.3 Å². The Morgan fingerprint density at radius 2 is 0.685 bits per heavy atom. The number of rotatable bonds is 26. The van der Waals surface area contributed by atoms with Crippen LogP contribution in [0.4, 0.5) is 0 Å². The van der Waals surface area contributed by atoms with Crippen LogP contribution in [0, 0.1) is 35.8 Å². The molecule has 15 rings (SSSR count). The molecule has 0 aliphatic heterocycles. The van der Waals surface area contributed by atoms with E-state index in [4.69, 9.17) is 13.1 Å². The van der Waals surface area contributed by atoms with Gasteiger partial charge in [-0.25, -0.2) is 20.2 Å². The van der Waals surface area contributed by atoms with Crippen LogP contribution in [0.3, 0.4) is 0 Å². The molecule has 0 N–H and O–H groups in total. The Balaban J connectivity index is 0.990. The maximum atomic E-state index is 14.5. The van der Waals surface area contributed by atoms with Crippen molar-refractivity contribution < 1.29 is 9.59 Å². The first-order valence-electron chi connectivity index (χ1n) is 38.9. The standard InChI is InChI=1S/C98H86N4O2S4/c1-7-11-15-19-27-63-35-43-67(44-36-63)97(68-45-37-64(38-46-68)28-20-16-12-8-2)81-59-80-82(60-79(81)95-83(97)57-73(107-95)55-71-51-53-87(105-71)91-89(85(61-99)101-5)75-31-23-25-33-77(75)93(91)103)98(69-47-39-65(40-48-69)29-21-17-13-9-3,70-49-41-66(42-50-70)30-22-18-14-10-4)84-58-74(108-96(80)84)56-72-52-54-88(106-72)92-90(86(62-100)102-6)76-32-24-26-34-78(76)94(92)104/h23-26,31-60H,7-22,27-30H2,1-4H3/b71-55+,72-56+,89-85+,90-86?,91-87+,92-88+. The number of Topliss-reactive ketones (excluding diaryl/α,β-unsaturated/α-hetero) is 2. The minimum absolute atomic E-state index is 0.0871. The molecule has 0 unspecified atom stereocenters. The van der Waals surface area contributed by atoms with Crippen molar-refractivity contribution in [3.8, 4) is 33.0 Å². The van der Waals surface area contributed by atoms with Gasteiger partial charge < -0.3 is 0 Å². The molecule has 6 nitrogen and oxygen atoms in total. The lowest BCUT2D eigenvalue weighted by molar-refractivity contribution is 0.105. The molecule has 4 aliphatic rings. The molecule has 4 aromatic heterocycles. The number of hydrogen-bond donors (Lipinski definition) is 0. The van der Waals surface area contributed by atoms with Gasteiger partial charge in [0.25, 0.3) is 11.4 Å². The Bertz CT molecular complexity index is 5330. The Morgan fingerprint density at radius 1 is 0.370 bits per heavy atom. The largest absolute Gasteiger partial charge is 0.289 e. The summed E-state index contributed by atoms with van der Waals surface area (Å²) in [6.07, 6.45) is 27.6. The van der Waals surface area contributed by atoms with Crippen molar-refractivity contribution in [2.24, 2.45) is 0 Å². The van der Waals surface area contributed by atoms with Crippen LogP contribution in [0.2, 0.25) is 0 Å². The molecule has 0 radical (unpaired) electrons. The van der Waals surface area contributed by atoms with Gasteiger partial charge in [0.1, 0.15) is 0 Å². The minimum Gasteiger partial charge on any atom is -0.289 e. The number of carbonyl (C=O) groups is 2. The second kappa shape index (κ2) is 32.2. The number of nitriles is 2. The Hall–Kier alpha value is -10.4. The van der Waals surface area contributed by atoms with Crippen LogP contribution in [0.15, 0.2) is 206 Å². The molecule has 0 saturated heterocycles. The highest BCUT2D eigenvalue weighted by atomic mass is 32.1. The van der Waals surface area contributed by atoms with Gasteiger partial charge in [0.2, 0.25) is 0 Å². The third-order valence-corrected chi connectivity index (χ3v) is 27.0. The van der Waals surface area contributed by atoms with Gasteiger partial charge in [-0.15, -0.1) is 45.3 Å². The summed E-state index contributed by atoms with van der Waals surface area (Å²) < 4.78 is 3.37. The summed E-state index contributed by atoms with van der Waals surface area (Å²) >= 11 is 6.69. The first kappa shape index (κ1) is 73.1. The zero-order chi connectivity index (χ0) is 74.5. The summed E-state index contributed by atoms with van der Waals surface area (Å²) in [6, 6.07) is 75.7. The van der Waals surface area contributed by atoms with Gasteiger partial charge in [-0.3, -0.25) is 9.59 Å². The number of thiophene rings is 4. The van der Waals surface area contributed by atoms with E-state index in [1.54, 1.807) is 12.1 Å². The molecule has 108 heavy (non-hydrogen) atoms. The minimum atomic E-state index is -0.778. The number of benzene rings is 7. The Kier molecular flexibility index (Phi) is 21.8. The summed E-state index contributed by atoms with van der Waals surface area (Å²) in [5, 5.41) is 20.7. The summed E-state index contributed by atoms with van der Waals surface area (Å²) in [5.74, 6) is -0.347. The molecule has 11 aromatic rings. The van der Waals surface area contributed by atoms with E-state index in [2.05, 4.69) is 195 Å². The normalized spacial score (nSPS) is 16.3. The zero-order valence-electron chi connectivity index (χ0n) is 62.0. The maximum Gasteiger partial charge on any atom is 0.270 e. The van der Waals surface area contributed by atoms with Crippen molar-refractivity contribution >= 4 is 91.4 Å². The number of aryl methyl sites for hydroxylation is 4. The molecule has 0 bridgehead atoms. The van der Waals surface area contributed by atoms with Crippen molar-refractivity contribution in [2.75, 3.05) is 0 Å². The summed E-state index contributed by atoms with van der Waals surface area (Å²) in [7, 11) is 0. The molecule has 4 heterocycles. The molecule has 0 atom stereocenters. The molecule has 0 fully saturated rings. The molecule has 0 saturated carbocycles. The predicted octanol–water partition coefficient (Wildman–Crippen LogP) is 23.2. The SMILES string of the molecule is [C-]#[N+]C(C#N)=C1/C(=c2/cc/c(=C\c3cc4c(s3)-c3cc5c(cc3C4(c3ccc(CCCCCC)cc3)c3ccc(CCCCCC)cc3)-c3sc(/C=c4\cc/c(=C6\C(=O)c7ccccc7\C6=C(\C#N)[N+]#[C-])s4)cc3C5(c3ccc(CCCCCC)cc3)c3ccc(CCCCCC)cc3)s2)C(=O)c2ccccc21. The van der Waals surface area contributed by atoms with Gasteiger partial charge in [-0.1, -0.05) is 250 Å². The number of ketones is 2. The first-order chi connectivity index (χ1) is 53.0. The van der Waals surface area contributed by atoms with E-state index < -0.39 is 10.8 Å². The van der Waals surface area contributed by atoms with E-state index in [-0.39, 0.29) is 23.0 Å². The first-order valence-corrected chi connectivity index (χ1v) is 42.1. The van der Waals surface area contributed by atoms with Crippen LogP contribution >= 0.6 is 45.3 Å². The van der Waals surface area contributed by atoms with Gasteiger partial charge in [-0.05, 0) is 201 Å². The molecule has 4 aliphatic carbocycles. The fraction of sp³-hybridized carbons (Fsp3) is 0.265. The summed E-state index contributed by atoms with van der Waals surface area (Å²) in [4.78, 5) is 40.9. The smallest absolute Gasteiger partial charge is 0.270 e. The molecule has 10 heteroatoms. The summed E-state index contributed by atoms with van der Waals surface area (Å²) in [6.45, 7) is 25.2. The van der Waals surface area contributed by atoms with Gasteiger partial charge >= 0.3 is 0 Å².